The van der Waals surface area contributed by atoms with Crippen molar-refractivity contribution in [2.45, 2.75) is 46.3 Å². The van der Waals surface area contributed by atoms with E-state index in [9.17, 15) is 14.4 Å². The second-order valence-electron chi connectivity index (χ2n) is 6.79. The van der Waals surface area contributed by atoms with Gasteiger partial charge in [0.1, 0.15) is 5.58 Å². The lowest BCUT2D eigenvalue weighted by Gasteiger charge is -2.21. The second kappa shape index (κ2) is 6.96. The molecule has 7 heteroatoms. The van der Waals surface area contributed by atoms with Gasteiger partial charge in [-0.25, -0.2) is 9.59 Å². The van der Waals surface area contributed by atoms with E-state index in [0.29, 0.717) is 11.1 Å². The highest BCUT2D eigenvalue weighted by atomic mass is 16.6. The highest BCUT2D eigenvalue weighted by Gasteiger charge is 2.25. The van der Waals surface area contributed by atoms with Gasteiger partial charge in [0.25, 0.3) is 5.91 Å². The molecular formula is C18H22N2O5. The van der Waals surface area contributed by atoms with E-state index in [1.807, 2.05) is 12.1 Å². The van der Waals surface area contributed by atoms with Crippen molar-refractivity contribution in [1.82, 2.24) is 10.6 Å². The van der Waals surface area contributed by atoms with Crippen molar-refractivity contribution >= 4 is 28.9 Å². The predicted molar refractivity (Wildman–Crippen MR) is 92.3 cm³/mol. The van der Waals surface area contributed by atoms with E-state index in [4.69, 9.17) is 9.15 Å². The van der Waals surface area contributed by atoms with Crippen LogP contribution in [0.3, 0.4) is 0 Å². The Morgan fingerprint density at radius 3 is 2.40 bits per heavy atom. The van der Waals surface area contributed by atoms with Gasteiger partial charge in [-0.15, -0.1) is 0 Å². The fraction of sp³-hybridized carbons (Fsp3) is 0.389. The number of aryl methyl sites for hydroxylation is 1. The van der Waals surface area contributed by atoms with Crippen LogP contribution < -0.4 is 10.6 Å². The number of carbonyl (C=O) groups is 3. The van der Waals surface area contributed by atoms with E-state index in [-0.39, 0.29) is 5.76 Å². The average Bonchev–Trinajstić information content (AvgIpc) is 2.83. The minimum absolute atomic E-state index is 0.0417. The number of urea groups is 1. The van der Waals surface area contributed by atoms with Crippen LogP contribution in [0.2, 0.25) is 0 Å². The molecule has 0 spiro atoms. The summed E-state index contributed by atoms with van der Waals surface area (Å²) >= 11 is 0. The molecule has 0 unspecified atom stereocenters. The lowest BCUT2D eigenvalue weighted by Crippen LogP contribution is -2.50. The molecule has 2 rings (SSSR count). The number of nitrogens with one attached hydrogen (secondary N) is 2. The Morgan fingerprint density at radius 1 is 1.16 bits per heavy atom. The van der Waals surface area contributed by atoms with Crippen molar-refractivity contribution in [2.75, 3.05) is 0 Å². The Hall–Kier alpha value is -2.83. The maximum Gasteiger partial charge on any atom is 0.375 e. The van der Waals surface area contributed by atoms with Crippen LogP contribution in [-0.4, -0.2) is 29.6 Å². The Labute approximate surface area is 145 Å². The van der Waals surface area contributed by atoms with Crippen LogP contribution in [0, 0.1) is 6.92 Å². The Bertz CT molecular complexity index is 816. The molecule has 134 valence electrons. The fourth-order valence-corrected chi connectivity index (χ4v) is 2.22. The first kappa shape index (κ1) is 18.5. The topological polar surface area (TPSA) is 97.6 Å². The summed E-state index contributed by atoms with van der Waals surface area (Å²) in [6, 6.07) is 6.55. The van der Waals surface area contributed by atoms with E-state index in [1.165, 1.54) is 6.92 Å². The SMILES string of the molecule is Cc1c(C(=O)O[C@H](C)C(=O)NC(=O)NC(C)(C)C)oc2ccccc12. The van der Waals surface area contributed by atoms with E-state index < -0.39 is 29.6 Å². The molecule has 7 nitrogen and oxygen atoms in total. The van der Waals surface area contributed by atoms with Crippen LogP contribution in [0.1, 0.15) is 43.8 Å². The third-order valence-corrected chi connectivity index (χ3v) is 3.41. The summed E-state index contributed by atoms with van der Waals surface area (Å²) < 4.78 is 10.6. The summed E-state index contributed by atoms with van der Waals surface area (Å²) in [6.45, 7) is 8.47. The number of hydrogen-bond acceptors (Lipinski definition) is 5. The van der Waals surface area contributed by atoms with Gasteiger partial charge in [0.15, 0.2) is 6.10 Å². The van der Waals surface area contributed by atoms with Crippen molar-refractivity contribution in [3.8, 4) is 0 Å². The van der Waals surface area contributed by atoms with Crippen LogP contribution in [0.4, 0.5) is 4.79 Å². The smallest absolute Gasteiger partial charge is 0.375 e. The predicted octanol–water partition coefficient (Wildman–Crippen LogP) is 2.91. The number of ether oxygens (including phenoxy) is 1. The standard InChI is InChI=1S/C18H22N2O5/c1-10-12-8-6-7-9-13(12)25-14(10)16(22)24-11(2)15(21)19-17(23)20-18(3,4)5/h6-9,11H,1-5H3,(H2,19,20,21,23)/t11-/m1/s1. The third kappa shape index (κ3) is 4.59. The summed E-state index contributed by atoms with van der Waals surface area (Å²) in [5.41, 5.74) is 0.711. The molecule has 0 saturated carbocycles. The maximum atomic E-state index is 12.3. The minimum Gasteiger partial charge on any atom is -0.449 e. The number of benzene rings is 1. The summed E-state index contributed by atoms with van der Waals surface area (Å²) in [5, 5.41) is 5.53. The highest BCUT2D eigenvalue weighted by Crippen LogP contribution is 2.25. The van der Waals surface area contributed by atoms with Gasteiger partial charge in [-0.05, 0) is 40.7 Å². The van der Waals surface area contributed by atoms with Crippen molar-refractivity contribution in [3.63, 3.8) is 0 Å². The number of amides is 3. The Kier molecular flexibility index (Phi) is 5.15. The molecule has 3 amide bonds. The summed E-state index contributed by atoms with van der Waals surface area (Å²) in [7, 11) is 0. The summed E-state index contributed by atoms with van der Waals surface area (Å²) in [5.74, 6) is -1.43. The molecule has 2 N–H and O–H groups in total. The van der Waals surface area contributed by atoms with Gasteiger partial charge in [0, 0.05) is 16.5 Å². The van der Waals surface area contributed by atoms with Gasteiger partial charge in [-0.2, -0.15) is 0 Å². The van der Waals surface area contributed by atoms with Crippen LogP contribution in [-0.2, 0) is 9.53 Å². The lowest BCUT2D eigenvalue weighted by atomic mass is 10.1. The van der Waals surface area contributed by atoms with E-state index in [1.54, 1.807) is 39.8 Å². The molecule has 1 aromatic heterocycles. The number of fused-ring (bicyclic) bond motifs is 1. The van der Waals surface area contributed by atoms with E-state index in [0.717, 1.165) is 5.39 Å². The van der Waals surface area contributed by atoms with Crippen molar-refractivity contribution in [3.05, 3.63) is 35.6 Å². The fourth-order valence-electron chi connectivity index (χ4n) is 2.22. The quantitative estimate of drug-likeness (QED) is 0.833. The zero-order chi connectivity index (χ0) is 18.8. The van der Waals surface area contributed by atoms with Crippen molar-refractivity contribution < 1.29 is 23.5 Å². The third-order valence-electron chi connectivity index (χ3n) is 3.41. The van der Waals surface area contributed by atoms with Gasteiger partial charge >= 0.3 is 12.0 Å². The van der Waals surface area contributed by atoms with Gasteiger partial charge < -0.3 is 14.5 Å². The number of rotatable bonds is 3. The lowest BCUT2D eigenvalue weighted by molar-refractivity contribution is -0.128. The molecule has 0 radical (unpaired) electrons. The number of imide groups is 1. The van der Waals surface area contributed by atoms with Crippen molar-refractivity contribution in [2.24, 2.45) is 0 Å². The first-order valence-electron chi connectivity index (χ1n) is 7.90. The molecule has 1 aromatic carbocycles. The molecule has 0 fully saturated rings. The van der Waals surface area contributed by atoms with E-state index in [2.05, 4.69) is 10.6 Å². The van der Waals surface area contributed by atoms with Crippen LogP contribution >= 0.6 is 0 Å². The second-order valence-corrected chi connectivity index (χ2v) is 6.79. The largest absolute Gasteiger partial charge is 0.449 e. The maximum absolute atomic E-state index is 12.3. The summed E-state index contributed by atoms with van der Waals surface area (Å²) in [6.07, 6.45) is -1.15. The molecule has 2 aromatic rings. The van der Waals surface area contributed by atoms with Gasteiger partial charge in [-0.1, -0.05) is 18.2 Å². The van der Waals surface area contributed by atoms with Gasteiger partial charge in [-0.3, -0.25) is 10.1 Å². The molecule has 0 aliphatic carbocycles. The molecular weight excluding hydrogens is 324 g/mol. The molecule has 25 heavy (non-hydrogen) atoms. The number of furan rings is 1. The average molecular weight is 346 g/mol. The Balaban J connectivity index is 2.02. The summed E-state index contributed by atoms with van der Waals surface area (Å²) in [4.78, 5) is 36.0. The highest BCUT2D eigenvalue weighted by molar-refractivity contribution is 6.00. The number of esters is 1. The number of carbonyl (C=O) groups excluding carboxylic acids is 3. The molecule has 0 aliphatic heterocycles. The monoisotopic (exact) mass is 346 g/mol. The molecule has 1 heterocycles. The van der Waals surface area contributed by atoms with Crippen LogP contribution in [0.25, 0.3) is 11.0 Å². The zero-order valence-electron chi connectivity index (χ0n) is 14.9. The zero-order valence-corrected chi connectivity index (χ0v) is 14.9. The van der Waals surface area contributed by atoms with Gasteiger partial charge in [0.2, 0.25) is 5.76 Å². The minimum atomic E-state index is -1.15. The van der Waals surface area contributed by atoms with Gasteiger partial charge in [0.05, 0.1) is 0 Å². The Morgan fingerprint density at radius 2 is 1.80 bits per heavy atom. The molecule has 0 saturated heterocycles. The van der Waals surface area contributed by atoms with Crippen LogP contribution in [0.5, 0.6) is 0 Å². The molecule has 0 aliphatic rings. The first-order chi connectivity index (χ1) is 11.6. The molecule has 1 atom stereocenters. The first-order valence-corrected chi connectivity index (χ1v) is 7.90. The van der Waals surface area contributed by atoms with Crippen molar-refractivity contribution in [1.29, 1.82) is 0 Å². The van der Waals surface area contributed by atoms with Crippen LogP contribution in [0.15, 0.2) is 28.7 Å². The normalized spacial score (nSPS) is 12.5. The van der Waals surface area contributed by atoms with E-state index >= 15 is 0 Å². The number of hydrogen-bond donors (Lipinski definition) is 2. The molecule has 0 bridgehead atoms. The number of para-hydroxylation sites is 1.